The van der Waals surface area contributed by atoms with E-state index in [2.05, 4.69) is 0 Å². The second-order valence-electron chi connectivity index (χ2n) is 13.1. The van der Waals surface area contributed by atoms with Crippen molar-refractivity contribution in [2.45, 2.75) is 0 Å². The summed E-state index contributed by atoms with van der Waals surface area (Å²) in [5, 5.41) is 0.610. The molecule has 0 aliphatic rings. The third-order valence-corrected chi connectivity index (χ3v) is 9.85. The van der Waals surface area contributed by atoms with E-state index in [1.165, 1.54) is 0 Å². The van der Waals surface area contributed by atoms with Gasteiger partial charge in [-0.05, 0) is 60.7 Å². The molecule has 11 aromatic rings. The van der Waals surface area contributed by atoms with E-state index in [9.17, 15) is 0 Å². The van der Waals surface area contributed by atoms with Gasteiger partial charge in [0.25, 0.3) is 23.5 Å². The van der Waals surface area contributed by atoms with Crippen LogP contribution >= 0.6 is 23.2 Å². The largest absolute Gasteiger partial charge is 0.435 e. The second-order valence-corrected chi connectivity index (χ2v) is 14.0. The number of fused-ring (bicyclic) bond motifs is 9. The zero-order chi connectivity index (χ0) is 40.2. The fourth-order valence-corrected chi connectivity index (χ4v) is 6.74. The molecule has 0 aliphatic carbocycles. The van der Waals surface area contributed by atoms with Gasteiger partial charge in [-0.15, -0.1) is 0 Å². The van der Waals surface area contributed by atoms with Crippen LogP contribution < -0.4 is 18.9 Å². The summed E-state index contributed by atoms with van der Waals surface area (Å²) >= 11 is 12.9. The van der Waals surface area contributed by atoms with Gasteiger partial charge in [-0.1, -0.05) is 96.0 Å². The number of benzene rings is 6. The molecule has 0 radical (unpaired) electrons. The molecule has 0 bridgehead atoms. The van der Waals surface area contributed by atoms with Gasteiger partial charge in [-0.3, -0.25) is 0 Å². The quantitative estimate of drug-likeness (QED) is 0.105. The van der Waals surface area contributed by atoms with Crippen LogP contribution in [-0.4, -0.2) is 49.8 Å². The Kier molecular flexibility index (Phi) is 8.49. The number of nitrogens with zero attached hydrogens (tertiary/aromatic N) is 10. The van der Waals surface area contributed by atoms with Gasteiger partial charge in [0.15, 0.2) is 0 Å². The zero-order valence-electron chi connectivity index (χ0n) is 30.6. The lowest BCUT2D eigenvalue weighted by molar-refractivity contribution is 0.394. The van der Waals surface area contributed by atoms with Crippen molar-refractivity contribution in [3.8, 4) is 46.5 Å². The summed E-state index contributed by atoms with van der Waals surface area (Å²) in [4.78, 5) is 49.1. The molecule has 60 heavy (non-hydrogen) atoms. The molecular weight excluding hydrogens is 803 g/mol. The first-order valence-electron chi connectivity index (χ1n) is 18.3. The molecule has 0 fully saturated rings. The van der Waals surface area contributed by atoms with Gasteiger partial charge in [-0.2, -0.15) is 19.9 Å². The number of halogens is 2. The molecule has 0 N–H and O–H groups in total. The number of ether oxygens (including phenoxy) is 4. The van der Waals surface area contributed by atoms with Crippen LogP contribution in [-0.2, 0) is 0 Å². The molecule has 0 aliphatic heterocycles. The highest BCUT2D eigenvalue weighted by atomic mass is 35.5. The lowest BCUT2D eigenvalue weighted by Crippen LogP contribution is -2.04. The highest BCUT2D eigenvalue weighted by Gasteiger charge is 2.24. The summed E-state index contributed by atoms with van der Waals surface area (Å²) in [6.45, 7) is 0. The summed E-state index contributed by atoms with van der Waals surface area (Å²) in [7, 11) is 0. The maximum absolute atomic E-state index is 6.46. The van der Waals surface area contributed by atoms with Crippen molar-refractivity contribution >= 4 is 89.9 Å². The first-order valence-corrected chi connectivity index (χ1v) is 19.0. The fourth-order valence-electron chi connectivity index (χ4n) is 6.42. The monoisotopic (exact) mass is 824 g/mol. The lowest BCUT2D eigenvalue weighted by Gasteiger charge is -2.13. The van der Waals surface area contributed by atoms with Crippen molar-refractivity contribution in [2.75, 3.05) is 0 Å². The van der Waals surface area contributed by atoms with E-state index in [0.29, 0.717) is 66.1 Å². The molecule has 11 rings (SSSR count). The Morgan fingerprint density at radius 3 is 0.767 bits per heavy atom. The van der Waals surface area contributed by atoms with Crippen LogP contribution in [0.3, 0.4) is 0 Å². The SMILES string of the molecule is Clc1cc2nc3c(nc2cc1Cl)c1nc2nc(Oc4ccccc4)c(Oc4ccccc4)nc2nc1c1nc2nc(Oc4ccccc4)c(Oc4ccccc4)nc2nc31. The van der Waals surface area contributed by atoms with E-state index in [1.807, 2.05) is 72.8 Å². The Labute approximate surface area is 347 Å². The molecule has 0 amide bonds. The zero-order valence-corrected chi connectivity index (χ0v) is 32.1. The highest BCUT2D eigenvalue weighted by molar-refractivity contribution is 6.42. The smallest absolute Gasteiger partial charge is 0.286 e. The maximum Gasteiger partial charge on any atom is 0.286 e. The van der Waals surface area contributed by atoms with E-state index >= 15 is 0 Å². The van der Waals surface area contributed by atoms with Gasteiger partial charge in [0.05, 0.1) is 21.1 Å². The van der Waals surface area contributed by atoms with E-state index in [1.54, 1.807) is 60.7 Å². The van der Waals surface area contributed by atoms with Crippen molar-refractivity contribution < 1.29 is 18.9 Å². The number of hydrogen-bond acceptors (Lipinski definition) is 14. The van der Waals surface area contributed by atoms with Crippen molar-refractivity contribution in [3.05, 3.63) is 144 Å². The standard InChI is InChI=1S/C44H22Cl2N10O4/c45-27-21-29-30(22-28(27)46)48-32-31(47-29)33-35(51-39-37(49-33)53-41(57-23-13-5-1-6-14-23)43(55-39)59-25-17-9-3-10-18-25)36-34(32)50-38-40(52-36)56-44(60-26-19-11-4-12-20-26)42(54-38)58-24-15-7-2-8-16-24/h1-22H. The third-order valence-electron chi connectivity index (χ3n) is 9.13. The Hall–Kier alpha value is -7.94. The average molecular weight is 826 g/mol. The Morgan fingerprint density at radius 1 is 0.283 bits per heavy atom. The van der Waals surface area contributed by atoms with Gasteiger partial charge in [0.1, 0.15) is 56.1 Å². The molecule has 0 saturated carbocycles. The average Bonchev–Trinajstić information content (AvgIpc) is 3.27. The van der Waals surface area contributed by atoms with Crippen molar-refractivity contribution in [1.82, 2.24) is 49.8 Å². The molecule has 0 unspecified atom stereocenters. The van der Waals surface area contributed by atoms with Crippen LogP contribution in [0.4, 0.5) is 0 Å². The number of rotatable bonds is 8. The predicted octanol–water partition coefficient (Wildman–Crippen LogP) is 11.0. The molecule has 5 aromatic heterocycles. The molecule has 6 aromatic carbocycles. The van der Waals surface area contributed by atoms with Crippen molar-refractivity contribution in [1.29, 1.82) is 0 Å². The predicted molar refractivity (Wildman–Crippen MR) is 226 cm³/mol. The molecule has 0 saturated heterocycles. The van der Waals surface area contributed by atoms with Crippen LogP contribution in [0.1, 0.15) is 0 Å². The Balaban J connectivity index is 1.19. The Morgan fingerprint density at radius 2 is 0.517 bits per heavy atom. The molecular formula is C44H22Cl2N10O4. The van der Waals surface area contributed by atoms with E-state index in [0.717, 1.165) is 0 Å². The highest BCUT2D eigenvalue weighted by Crippen LogP contribution is 2.38. The summed E-state index contributed by atoms with van der Waals surface area (Å²) in [6, 6.07) is 39.9. The summed E-state index contributed by atoms with van der Waals surface area (Å²) in [5.74, 6) is 2.29. The number of hydrogen-bond donors (Lipinski definition) is 0. The van der Waals surface area contributed by atoms with E-state index in [-0.39, 0.29) is 57.1 Å². The van der Waals surface area contributed by atoms with Crippen LogP contribution in [0.5, 0.6) is 46.5 Å². The summed E-state index contributed by atoms with van der Waals surface area (Å²) in [5.41, 5.74) is 3.28. The second kappa shape index (κ2) is 14.5. The van der Waals surface area contributed by atoms with Crippen LogP contribution in [0.15, 0.2) is 133 Å². The van der Waals surface area contributed by atoms with Gasteiger partial charge in [0.2, 0.25) is 22.6 Å². The number of aromatic nitrogens is 10. The van der Waals surface area contributed by atoms with E-state index < -0.39 is 0 Å². The molecule has 14 nitrogen and oxygen atoms in total. The topological polar surface area (TPSA) is 166 Å². The molecule has 0 spiro atoms. The molecule has 16 heteroatoms. The summed E-state index contributed by atoms with van der Waals surface area (Å²) in [6.07, 6.45) is 0. The first-order chi connectivity index (χ1) is 29.5. The van der Waals surface area contributed by atoms with Crippen molar-refractivity contribution in [3.63, 3.8) is 0 Å². The summed E-state index contributed by atoms with van der Waals surface area (Å²) < 4.78 is 24.9. The molecule has 286 valence electrons. The normalized spacial score (nSPS) is 11.5. The molecule has 5 heterocycles. The van der Waals surface area contributed by atoms with E-state index in [4.69, 9.17) is 92.0 Å². The van der Waals surface area contributed by atoms with Gasteiger partial charge in [-0.25, -0.2) is 29.9 Å². The van der Waals surface area contributed by atoms with Gasteiger partial charge in [0, 0.05) is 0 Å². The molecule has 0 atom stereocenters. The minimum absolute atomic E-state index is 0.0599. The van der Waals surface area contributed by atoms with Crippen LogP contribution in [0.2, 0.25) is 10.0 Å². The number of para-hydroxylation sites is 4. The van der Waals surface area contributed by atoms with Gasteiger partial charge < -0.3 is 18.9 Å². The maximum atomic E-state index is 6.46. The van der Waals surface area contributed by atoms with Gasteiger partial charge >= 0.3 is 0 Å². The van der Waals surface area contributed by atoms with Crippen molar-refractivity contribution in [2.24, 2.45) is 0 Å². The van der Waals surface area contributed by atoms with Crippen LogP contribution in [0, 0.1) is 0 Å². The minimum Gasteiger partial charge on any atom is -0.435 e. The fraction of sp³-hybridized carbons (Fsp3) is 0. The first kappa shape index (κ1) is 35.2. The van der Waals surface area contributed by atoms with Crippen LogP contribution in [0.25, 0.3) is 66.7 Å². The Bertz CT molecular complexity index is 3240. The lowest BCUT2D eigenvalue weighted by atomic mass is 10.1. The minimum atomic E-state index is 0.0599. The third kappa shape index (κ3) is 6.51.